The first-order valence-electron chi connectivity index (χ1n) is 21.2. The lowest BCUT2D eigenvalue weighted by Crippen LogP contribution is -2.00. The van der Waals surface area contributed by atoms with E-state index in [-0.39, 0.29) is 0 Å². The van der Waals surface area contributed by atoms with Gasteiger partial charge in [-0.15, -0.1) is 0 Å². The van der Waals surface area contributed by atoms with Gasteiger partial charge in [0.2, 0.25) is 0 Å². The highest BCUT2D eigenvalue weighted by atomic mass is 15.0. The van der Waals surface area contributed by atoms with Gasteiger partial charge >= 0.3 is 0 Å². The minimum absolute atomic E-state index is 0.638. The van der Waals surface area contributed by atoms with Crippen LogP contribution < -0.4 is 0 Å². The molecule has 0 saturated heterocycles. The summed E-state index contributed by atoms with van der Waals surface area (Å²) < 4.78 is 2.45. The molecule has 0 spiro atoms. The number of rotatable bonds is 8. The van der Waals surface area contributed by atoms with E-state index in [1.165, 1.54) is 60.4 Å². The second-order valence-electron chi connectivity index (χ2n) is 15.9. The molecule has 0 aliphatic heterocycles. The minimum Gasteiger partial charge on any atom is -0.309 e. The Kier molecular flexibility index (Phi) is 9.05. The summed E-state index contributed by atoms with van der Waals surface area (Å²) in [5.74, 6) is 1.92. The van der Waals surface area contributed by atoms with Gasteiger partial charge in [-0.1, -0.05) is 177 Å². The first-order valence-corrected chi connectivity index (χ1v) is 21.2. The Balaban J connectivity index is 1.05. The zero-order valence-corrected chi connectivity index (χ0v) is 34.2. The van der Waals surface area contributed by atoms with Gasteiger partial charge in [0.15, 0.2) is 17.5 Å². The van der Waals surface area contributed by atoms with Crippen LogP contribution in [0, 0.1) is 6.92 Å². The molecule has 0 N–H and O–H groups in total. The van der Waals surface area contributed by atoms with Crippen LogP contribution in [0.1, 0.15) is 24.5 Å². The Morgan fingerprint density at radius 2 is 1.00 bits per heavy atom. The number of benzene rings is 9. The highest BCUT2D eigenvalue weighted by Gasteiger charge is 2.20. The van der Waals surface area contributed by atoms with E-state index in [4.69, 9.17) is 15.0 Å². The number of para-hydroxylation sites is 1. The van der Waals surface area contributed by atoms with Gasteiger partial charge in [-0.2, -0.15) is 0 Å². The van der Waals surface area contributed by atoms with Crippen molar-refractivity contribution >= 4 is 43.4 Å². The van der Waals surface area contributed by atoms with Gasteiger partial charge in [-0.25, -0.2) is 15.0 Å². The summed E-state index contributed by atoms with van der Waals surface area (Å²) in [6, 6.07) is 69.4. The van der Waals surface area contributed by atoms with E-state index < -0.39 is 0 Å². The zero-order valence-electron chi connectivity index (χ0n) is 34.2. The number of nitrogens with zero attached hydrogens (tertiary/aromatic N) is 4. The SMILES string of the molecule is CCCc1ccc2ccccc2c1-c1cc2c3ccccc3n(-c3cccc4cc(-c5nc(-c6ccccc6)nc(-c6ccc(-c7ccccc7)cc6)n5)ccc34)c2cc1C. The molecule has 0 saturated carbocycles. The van der Waals surface area contributed by atoms with Crippen molar-refractivity contribution < 1.29 is 0 Å². The van der Waals surface area contributed by atoms with Crippen LogP contribution in [-0.4, -0.2) is 19.5 Å². The maximum atomic E-state index is 5.11. The molecule has 0 unspecified atom stereocenters. The smallest absolute Gasteiger partial charge is 0.164 e. The third-order valence-corrected chi connectivity index (χ3v) is 12.1. The summed E-state index contributed by atoms with van der Waals surface area (Å²) in [5, 5.41) is 7.35. The first kappa shape index (κ1) is 36.4. The van der Waals surface area contributed by atoms with Gasteiger partial charge in [-0.3, -0.25) is 0 Å². The van der Waals surface area contributed by atoms with Crippen LogP contribution in [0.25, 0.3) is 105 Å². The maximum Gasteiger partial charge on any atom is 0.164 e. The Morgan fingerprint density at radius 3 is 1.75 bits per heavy atom. The van der Waals surface area contributed by atoms with Gasteiger partial charge < -0.3 is 4.57 Å². The quantitative estimate of drug-likeness (QED) is 0.154. The average Bonchev–Trinajstić information content (AvgIpc) is 3.64. The fourth-order valence-corrected chi connectivity index (χ4v) is 9.15. The zero-order chi connectivity index (χ0) is 40.9. The number of aromatic nitrogens is 4. The molecular formula is C57H42N4. The van der Waals surface area contributed by atoms with Crippen molar-refractivity contribution in [2.75, 3.05) is 0 Å². The van der Waals surface area contributed by atoms with E-state index in [2.05, 4.69) is 188 Å². The van der Waals surface area contributed by atoms with Crippen LogP contribution in [-0.2, 0) is 6.42 Å². The van der Waals surface area contributed by atoms with Crippen LogP contribution in [0.2, 0.25) is 0 Å². The van der Waals surface area contributed by atoms with Crippen molar-refractivity contribution in [3.8, 4) is 62.1 Å². The molecule has 11 aromatic rings. The number of aryl methyl sites for hydroxylation is 2. The standard InChI is InChI=1S/C57H42N4/c1-3-15-41-29-28-40-18-10-11-22-47(40)54(41)49-36-50-48-23-12-13-24-52(48)61(53(50)34-37(49)2)51-25-14-21-44-35-45(32-33-46(44)51)57-59-55(42-19-8-5-9-20-42)58-56(60-57)43-30-26-39(27-31-43)38-16-6-4-7-17-38/h4-14,16-36H,3,15H2,1-2H3. The van der Waals surface area contributed by atoms with E-state index in [1.54, 1.807) is 0 Å². The maximum absolute atomic E-state index is 5.11. The van der Waals surface area contributed by atoms with Crippen LogP contribution >= 0.6 is 0 Å². The van der Waals surface area contributed by atoms with E-state index in [9.17, 15) is 0 Å². The molecule has 0 radical (unpaired) electrons. The molecule has 4 heteroatoms. The molecule has 2 heterocycles. The molecule has 61 heavy (non-hydrogen) atoms. The molecule has 11 rings (SSSR count). The molecule has 2 aromatic heterocycles. The first-order chi connectivity index (χ1) is 30.1. The molecule has 0 aliphatic carbocycles. The summed E-state index contributed by atoms with van der Waals surface area (Å²) >= 11 is 0. The Bertz CT molecular complexity index is 3420. The molecule has 0 bridgehead atoms. The normalized spacial score (nSPS) is 11.6. The predicted octanol–water partition coefficient (Wildman–Crippen LogP) is 14.9. The average molecular weight is 783 g/mol. The van der Waals surface area contributed by atoms with Crippen LogP contribution in [0.5, 0.6) is 0 Å². The lowest BCUT2D eigenvalue weighted by Gasteiger charge is -2.17. The lowest BCUT2D eigenvalue weighted by atomic mass is 9.88. The molecule has 9 aromatic carbocycles. The monoisotopic (exact) mass is 782 g/mol. The Hall–Kier alpha value is -7.69. The second-order valence-corrected chi connectivity index (χ2v) is 15.9. The van der Waals surface area contributed by atoms with E-state index in [0.29, 0.717) is 17.5 Å². The number of hydrogen-bond acceptors (Lipinski definition) is 3. The van der Waals surface area contributed by atoms with Crippen molar-refractivity contribution in [1.29, 1.82) is 0 Å². The Labute approximate surface area is 355 Å². The summed E-state index contributed by atoms with van der Waals surface area (Å²) in [5.41, 5.74) is 14.0. The van der Waals surface area contributed by atoms with Crippen molar-refractivity contribution in [2.45, 2.75) is 26.7 Å². The summed E-state index contributed by atoms with van der Waals surface area (Å²) in [4.78, 5) is 15.2. The summed E-state index contributed by atoms with van der Waals surface area (Å²) in [6.07, 6.45) is 2.14. The Morgan fingerprint density at radius 1 is 0.410 bits per heavy atom. The van der Waals surface area contributed by atoms with E-state index >= 15 is 0 Å². The van der Waals surface area contributed by atoms with Crippen LogP contribution in [0.3, 0.4) is 0 Å². The van der Waals surface area contributed by atoms with Gasteiger partial charge in [-0.05, 0) is 93.2 Å². The summed E-state index contributed by atoms with van der Waals surface area (Å²) in [6.45, 7) is 4.54. The summed E-state index contributed by atoms with van der Waals surface area (Å²) in [7, 11) is 0. The van der Waals surface area contributed by atoms with Gasteiger partial charge in [0.25, 0.3) is 0 Å². The fourth-order valence-electron chi connectivity index (χ4n) is 9.15. The predicted molar refractivity (Wildman–Crippen MR) is 255 cm³/mol. The topological polar surface area (TPSA) is 43.6 Å². The van der Waals surface area contributed by atoms with Crippen molar-refractivity contribution in [3.05, 3.63) is 205 Å². The molecule has 0 amide bonds. The molecule has 4 nitrogen and oxygen atoms in total. The minimum atomic E-state index is 0.638. The fraction of sp³-hybridized carbons (Fsp3) is 0.0702. The van der Waals surface area contributed by atoms with Crippen molar-refractivity contribution in [3.63, 3.8) is 0 Å². The van der Waals surface area contributed by atoms with Gasteiger partial charge in [0.1, 0.15) is 0 Å². The third-order valence-electron chi connectivity index (χ3n) is 12.1. The van der Waals surface area contributed by atoms with E-state index in [1.807, 2.05) is 24.3 Å². The third kappa shape index (κ3) is 6.45. The van der Waals surface area contributed by atoms with Gasteiger partial charge in [0.05, 0.1) is 16.7 Å². The molecule has 0 atom stereocenters. The lowest BCUT2D eigenvalue weighted by molar-refractivity contribution is 0.925. The number of hydrogen-bond donors (Lipinski definition) is 0. The highest BCUT2D eigenvalue weighted by Crippen LogP contribution is 2.42. The molecule has 290 valence electrons. The molecular weight excluding hydrogens is 741 g/mol. The van der Waals surface area contributed by atoms with E-state index in [0.717, 1.165) is 51.6 Å². The molecule has 0 fully saturated rings. The second kappa shape index (κ2) is 15.2. The largest absolute Gasteiger partial charge is 0.309 e. The number of fused-ring (bicyclic) bond motifs is 5. The molecule has 0 aliphatic rings. The van der Waals surface area contributed by atoms with Crippen LogP contribution in [0.4, 0.5) is 0 Å². The van der Waals surface area contributed by atoms with Crippen LogP contribution in [0.15, 0.2) is 194 Å². The van der Waals surface area contributed by atoms with Crippen molar-refractivity contribution in [2.24, 2.45) is 0 Å². The van der Waals surface area contributed by atoms with Crippen molar-refractivity contribution in [1.82, 2.24) is 19.5 Å². The highest BCUT2D eigenvalue weighted by molar-refractivity contribution is 6.13. The van der Waals surface area contributed by atoms with Gasteiger partial charge in [0, 0.05) is 32.8 Å².